The van der Waals surface area contributed by atoms with Crippen molar-refractivity contribution in [2.75, 3.05) is 13.7 Å². The molecule has 228 valence electrons. The molecule has 1 heterocycles. The first-order chi connectivity index (χ1) is 21.4. The first kappa shape index (κ1) is 30.7. The number of benzene rings is 3. The van der Waals surface area contributed by atoms with Crippen LogP contribution in [0.15, 0.2) is 92.1 Å². The molecule has 0 fully saturated rings. The van der Waals surface area contributed by atoms with Gasteiger partial charge in [-0.05, 0) is 105 Å². The lowest BCUT2D eigenvalue weighted by atomic mass is 9.71. The van der Waals surface area contributed by atoms with Crippen molar-refractivity contribution in [3.8, 4) is 17.2 Å². The third kappa shape index (κ3) is 6.11. The first-order valence-electron chi connectivity index (χ1n) is 15.2. The van der Waals surface area contributed by atoms with Crippen LogP contribution in [0.4, 0.5) is 0 Å². The van der Waals surface area contributed by atoms with Crippen LogP contribution in [0.25, 0.3) is 0 Å². The van der Waals surface area contributed by atoms with Crippen LogP contribution in [0.1, 0.15) is 68.1 Å². The molecule has 1 aliphatic heterocycles. The van der Waals surface area contributed by atoms with E-state index in [1.165, 1.54) is 0 Å². The van der Waals surface area contributed by atoms with Gasteiger partial charge in [0.2, 0.25) is 0 Å². The molecular weight excluding hydrogens is 686 g/mol. The molecule has 0 saturated carbocycles. The molecule has 0 aromatic heterocycles. The zero-order chi connectivity index (χ0) is 30.8. The average molecular weight is 721 g/mol. The van der Waals surface area contributed by atoms with Crippen LogP contribution in [0.5, 0.6) is 17.2 Å². The molecule has 0 bridgehead atoms. The number of ether oxygens (including phenoxy) is 3. The lowest BCUT2D eigenvalue weighted by Crippen LogP contribution is -2.37. The smallest absolute Gasteiger partial charge is 0.161 e. The quantitative estimate of drug-likeness (QED) is 0.220. The molecule has 6 nitrogen and oxygen atoms in total. The monoisotopic (exact) mass is 719 g/mol. The highest BCUT2D eigenvalue weighted by molar-refractivity contribution is 9.11. The van der Waals surface area contributed by atoms with E-state index in [0.717, 1.165) is 73.9 Å². The molecule has 2 aliphatic carbocycles. The third-order valence-corrected chi connectivity index (χ3v) is 9.70. The molecule has 0 radical (unpaired) electrons. The normalized spacial score (nSPS) is 17.0. The van der Waals surface area contributed by atoms with Gasteiger partial charge in [0.05, 0.1) is 15.6 Å². The highest BCUT2D eigenvalue weighted by Gasteiger charge is 2.42. The lowest BCUT2D eigenvalue weighted by molar-refractivity contribution is -0.117. The van der Waals surface area contributed by atoms with Crippen LogP contribution in [-0.4, -0.2) is 30.1 Å². The van der Waals surface area contributed by atoms with Crippen molar-refractivity contribution in [2.24, 2.45) is 0 Å². The molecular formula is C36H35Br2NO5. The molecule has 3 aromatic rings. The number of ketones is 2. The third-order valence-electron chi connectivity index (χ3n) is 8.53. The summed E-state index contributed by atoms with van der Waals surface area (Å²) < 4.78 is 19.8. The number of hydrogen-bond donors (Lipinski definition) is 0. The van der Waals surface area contributed by atoms with Crippen molar-refractivity contribution in [1.82, 2.24) is 4.90 Å². The van der Waals surface area contributed by atoms with Gasteiger partial charge in [-0.3, -0.25) is 9.59 Å². The summed E-state index contributed by atoms with van der Waals surface area (Å²) in [6.45, 7) is 3.23. The van der Waals surface area contributed by atoms with E-state index in [0.29, 0.717) is 49.9 Å². The van der Waals surface area contributed by atoms with E-state index in [1.54, 1.807) is 0 Å². The van der Waals surface area contributed by atoms with Gasteiger partial charge in [-0.15, -0.1) is 0 Å². The largest absolute Gasteiger partial charge is 0.490 e. The van der Waals surface area contributed by atoms with Crippen LogP contribution < -0.4 is 14.2 Å². The van der Waals surface area contributed by atoms with Gasteiger partial charge in [0.25, 0.3) is 0 Å². The van der Waals surface area contributed by atoms with E-state index in [2.05, 4.69) is 36.8 Å². The zero-order valence-corrected chi connectivity index (χ0v) is 28.1. The molecule has 6 rings (SSSR count). The van der Waals surface area contributed by atoms with Gasteiger partial charge < -0.3 is 19.1 Å². The molecule has 3 aromatic carbocycles. The molecule has 3 aliphatic rings. The second-order valence-electron chi connectivity index (χ2n) is 11.4. The van der Waals surface area contributed by atoms with E-state index in [9.17, 15) is 9.59 Å². The van der Waals surface area contributed by atoms with Gasteiger partial charge in [0.1, 0.15) is 19.0 Å². The fourth-order valence-electron chi connectivity index (χ4n) is 6.49. The van der Waals surface area contributed by atoms with E-state index >= 15 is 0 Å². The fourth-order valence-corrected chi connectivity index (χ4v) is 7.94. The SMILES string of the molecule is CCOc1cc(COc2c(Br)cc(C3C4=C(CCCC4=O)N(C)C4=C3C(=O)CCC4)cc2Br)ccc1OCc1ccccc1. The maximum Gasteiger partial charge on any atom is 0.161 e. The second-order valence-corrected chi connectivity index (χ2v) is 13.1. The maximum atomic E-state index is 13.4. The Morgan fingerprint density at radius 1 is 0.727 bits per heavy atom. The van der Waals surface area contributed by atoms with Gasteiger partial charge in [-0.1, -0.05) is 36.4 Å². The predicted molar refractivity (Wildman–Crippen MR) is 177 cm³/mol. The second kappa shape index (κ2) is 13.3. The van der Waals surface area contributed by atoms with E-state index in [-0.39, 0.29) is 17.5 Å². The molecule has 0 amide bonds. The average Bonchev–Trinajstić information content (AvgIpc) is 3.02. The standard InChI is InChI=1S/C36H35Br2NO5/c1-3-42-32-17-23(15-16-31(32)43-20-22-9-5-4-6-10-22)21-44-36-25(37)18-24(19-26(36)38)33-34-27(11-7-13-29(34)40)39(2)28-12-8-14-30(41)35(28)33/h4-6,9-10,15-19,33H,3,7-8,11-14,20-21H2,1-2H3. The molecule has 0 atom stereocenters. The Kier molecular flexibility index (Phi) is 9.29. The topological polar surface area (TPSA) is 65.1 Å². The highest BCUT2D eigenvalue weighted by Crippen LogP contribution is 2.50. The summed E-state index contributed by atoms with van der Waals surface area (Å²) in [5, 5.41) is 0. The lowest BCUT2D eigenvalue weighted by Gasteiger charge is -2.42. The Morgan fingerprint density at radius 3 is 1.95 bits per heavy atom. The molecule has 0 unspecified atom stereocenters. The van der Waals surface area contributed by atoms with Crippen LogP contribution in [0, 0.1) is 0 Å². The Labute approximate surface area is 275 Å². The van der Waals surface area contributed by atoms with Crippen LogP contribution in [0.2, 0.25) is 0 Å². The van der Waals surface area contributed by atoms with Crippen LogP contribution >= 0.6 is 31.9 Å². The van der Waals surface area contributed by atoms with Crippen molar-refractivity contribution in [3.63, 3.8) is 0 Å². The number of halogens is 2. The van der Waals surface area contributed by atoms with Crippen molar-refractivity contribution >= 4 is 43.4 Å². The minimum absolute atomic E-state index is 0.141. The van der Waals surface area contributed by atoms with E-state index in [4.69, 9.17) is 14.2 Å². The van der Waals surface area contributed by atoms with Gasteiger partial charge in [-0.2, -0.15) is 0 Å². The van der Waals surface area contributed by atoms with E-state index in [1.807, 2.05) is 74.6 Å². The van der Waals surface area contributed by atoms with Crippen molar-refractivity contribution < 1.29 is 23.8 Å². The number of Topliss-reactive ketones (excluding diaryl/α,β-unsaturated/α-hetero) is 2. The minimum atomic E-state index is -0.365. The number of carbonyl (C=O) groups excluding carboxylic acids is 2. The van der Waals surface area contributed by atoms with E-state index < -0.39 is 0 Å². The molecule has 0 spiro atoms. The van der Waals surface area contributed by atoms with Crippen molar-refractivity contribution in [1.29, 1.82) is 0 Å². The molecule has 44 heavy (non-hydrogen) atoms. The number of carbonyl (C=O) groups is 2. The zero-order valence-electron chi connectivity index (χ0n) is 25.0. The number of rotatable bonds is 9. The van der Waals surface area contributed by atoms with Gasteiger partial charge in [0.15, 0.2) is 23.1 Å². The first-order valence-corrected chi connectivity index (χ1v) is 16.7. The molecule has 0 saturated heterocycles. The number of hydrogen-bond acceptors (Lipinski definition) is 6. The summed E-state index contributed by atoms with van der Waals surface area (Å²) >= 11 is 7.48. The highest BCUT2D eigenvalue weighted by atomic mass is 79.9. The summed E-state index contributed by atoms with van der Waals surface area (Å²) in [7, 11) is 2.01. The summed E-state index contributed by atoms with van der Waals surface area (Å²) in [5.74, 6) is 1.92. The molecule has 0 N–H and O–H groups in total. The Hall–Kier alpha value is -3.36. The van der Waals surface area contributed by atoms with Crippen LogP contribution in [0.3, 0.4) is 0 Å². The Morgan fingerprint density at radius 2 is 1.34 bits per heavy atom. The minimum Gasteiger partial charge on any atom is -0.490 e. The Balaban J connectivity index is 1.25. The summed E-state index contributed by atoms with van der Waals surface area (Å²) in [6, 6.07) is 19.9. The molecule has 8 heteroatoms. The summed E-state index contributed by atoms with van der Waals surface area (Å²) in [5.41, 5.74) is 6.61. The maximum absolute atomic E-state index is 13.4. The van der Waals surface area contributed by atoms with Gasteiger partial charge in [-0.25, -0.2) is 0 Å². The van der Waals surface area contributed by atoms with Crippen molar-refractivity contribution in [2.45, 2.75) is 64.6 Å². The number of nitrogens with zero attached hydrogens (tertiary/aromatic N) is 1. The summed E-state index contributed by atoms with van der Waals surface area (Å²) in [6.07, 6.45) is 4.42. The van der Waals surface area contributed by atoms with Gasteiger partial charge in [0, 0.05) is 48.3 Å². The Bertz CT molecular complexity index is 1600. The predicted octanol–water partition coefficient (Wildman–Crippen LogP) is 8.81. The number of allylic oxidation sites excluding steroid dienone is 4. The van der Waals surface area contributed by atoms with Crippen LogP contribution in [-0.2, 0) is 22.8 Å². The summed E-state index contributed by atoms with van der Waals surface area (Å²) in [4.78, 5) is 28.9. The van der Waals surface area contributed by atoms with Crippen molar-refractivity contribution in [3.05, 3.63) is 109 Å². The fraction of sp³-hybridized carbons (Fsp3) is 0.333. The van der Waals surface area contributed by atoms with Gasteiger partial charge >= 0.3 is 0 Å².